The molecular weight excluding hydrogens is 154 g/mol. The first-order valence-corrected chi connectivity index (χ1v) is 4.33. The van der Waals surface area contributed by atoms with Crippen molar-refractivity contribution in [2.75, 3.05) is 19.8 Å². The van der Waals surface area contributed by atoms with Gasteiger partial charge >= 0.3 is 0 Å². The van der Waals surface area contributed by atoms with E-state index in [0.717, 1.165) is 19.4 Å². The summed E-state index contributed by atoms with van der Waals surface area (Å²) in [6, 6.07) is 0. The van der Waals surface area contributed by atoms with Gasteiger partial charge in [-0.3, -0.25) is 4.90 Å². The smallest absolute Gasteiger partial charge is 0.125 e. The summed E-state index contributed by atoms with van der Waals surface area (Å²) in [6.07, 6.45) is 1.02. The van der Waals surface area contributed by atoms with E-state index in [1.165, 1.54) is 0 Å². The van der Waals surface area contributed by atoms with Crippen LogP contribution in [0.4, 0.5) is 0 Å². The topological polar surface area (TPSA) is 29.5 Å². The number of nitrogens with zero attached hydrogens (tertiary/aromatic N) is 1. The monoisotopic (exact) mass is 171 g/mol. The first kappa shape index (κ1) is 9.68. The van der Waals surface area contributed by atoms with Crippen molar-refractivity contribution in [3.63, 3.8) is 0 Å². The van der Waals surface area contributed by atoms with Gasteiger partial charge in [0.15, 0.2) is 0 Å². The molecule has 0 aromatic carbocycles. The lowest BCUT2D eigenvalue weighted by molar-refractivity contribution is -0.124. The van der Waals surface area contributed by atoms with E-state index in [2.05, 4.69) is 4.90 Å². The quantitative estimate of drug-likeness (QED) is 0.591. The highest BCUT2D eigenvalue weighted by Gasteiger charge is 2.26. The maximum Gasteiger partial charge on any atom is 0.125 e. The van der Waals surface area contributed by atoms with E-state index in [1.54, 1.807) is 0 Å². The first-order valence-electron chi connectivity index (χ1n) is 4.33. The molecule has 0 aromatic rings. The Balaban J connectivity index is 2.08. The van der Waals surface area contributed by atoms with Crippen LogP contribution in [0, 0.1) is 5.92 Å². The molecule has 0 amide bonds. The summed E-state index contributed by atoms with van der Waals surface area (Å²) in [6.45, 7) is 8.46. The van der Waals surface area contributed by atoms with Gasteiger partial charge in [-0.15, -0.1) is 0 Å². The van der Waals surface area contributed by atoms with Crippen molar-refractivity contribution in [2.24, 2.45) is 5.92 Å². The lowest BCUT2D eigenvalue weighted by atomic mass is 10.0. The minimum Gasteiger partial charge on any atom is -0.360 e. The largest absolute Gasteiger partial charge is 0.360 e. The zero-order valence-corrected chi connectivity index (χ0v) is 8.04. The Hall–Kier alpha value is -0.410. The highest BCUT2D eigenvalue weighted by molar-refractivity contribution is 5.55. The van der Waals surface area contributed by atoms with Gasteiger partial charge in [0.2, 0.25) is 0 Å². The summed E-state index contributed by atoms with van der Waals surface area (Å²) in [5, 5.41) is 0. The molecule has 0 saturated carbocycles. The number of aldehydes is 1. The average molecular weight is 171 g/mol. The summed E-state index contributed by atoms with van der Waals surface area (Å²) in [5.41, 5.74) is -0.0771. The van der Waals surface area contributed by atoms with Crippen LogP contribution < -0.4 is 0 Å². The Morgan fingerprint density at radius 3 is 2.50 bits per heavy atom. The van der Waals surface area contributed by atoms with Crippen LogP contribution >= 0.6 is 0 Å². The molecule has 1 aliphatic rings. The van der Waals surface area contributed by atoms with Gasteiger partial charge in [-0.25, -0.2) is 0 Å². The summed E-state index contributed by atoms with van der Waals surface area (Å²) >= 11 is 0. The van der Waals surface area contributed by atoms with Crippen LogP contribution in [0.3, 0.4) is 0 Å². The molecule has 0 bridgehead atoms. The normalized spacial score (nSPS) is 20.6. The number of ether oxygens (including phenoxy) is 1. The number of carbonyl (C=O) groups excluding carboxylic acids is 1. The van der Waals surface area contributed by atoms with Crippen LogP contribution in [-0.2, 0) is 9.53 Å². The van der Waals surface area contributed by atoms with E-state index in [1.807, 2.05) is 20.8 Å². The highest BCUT2D eigenvalue weighted by Crippen LogP contribution is 2.15. The molecule has 1 heterocycles. The third-order valence-corrected chi connectivity index (χ3v) is 1.86. The maximum atomic E-state index is 10.3. The van der Waals surface area contributed by atoms with Gasteiger partial charge in [-0.2, -0.15) is 0 Å². The first-order chi connectivity index (χ1) is 5.51. The minimum absolute atomic E-state index is 0.0771. The number of rotatable bonds is 3. The predicted octanol–water partition coefficient (Wildman–Crippen LogP) is 0.890. The maximum absolute atomic E-state index is 10.3. The molecule has 1 fully saturated rings. The van der Waals surface area contributed by atoms with Crippen LogP contribution in [0.5, 0.6) is 0 Å². The van der Waals surface area contributed by atoms with Crippen LogP contribution in [0.15, 0.2) is 0 Å². The molecule has 3 heteroatoms. The average Bonchev–Trinajstić information content (AvgIpc) is 1.82. The highest BCUT2D eigenvalue weighted by atomic mass is 16.5. The molecule has 0 spiro atoms. The minimum atomic E-state index is -0.0771. The number of carbonyl (C=O) groups is 1. The lowest BCUT2D eigenvalue weighted by Crippen LogP contribution is -2.49. The zero-order chi connectivity index (χ0) is 9.19. The molecule has 1 saturated heterocycles. The lowest BCUT2D eigenvalue weighted by Gasteiger charge is -2.37. The molecule has 70 valence electrons. The van der Waals surface area contributed by atoms with Gasteiger partial charge in [0.1, 0.15) is 6.29 Å². The number of hydrogen-bond acceptors (Lipinski definition) is 3. The molecule has 0 unspecified atom stereocenters. The molecule has 1 rings (SSSR count). The fourth-order valence-electron chi connectivity index (χ4n) is 1.09. The molecule has 0 radical (unpaired) electrons. The Morgan fingerprint density at radius 2 is 2.08 bits per heavy atom. The van der Waals surface area contributed by atoms with Crippen LogP contribution in [0.25, 0.3) is 0 Å². The Labute approximate surface area is 73.7 Å². The van der Waals surface area contributed by atoms with Crippen molar-refractivity contribution in [1.29, 1.82) is 0 Å². The second-order valence-corrected chi connectivity index (χ2v) is 4.32. The van der Waals surface area contributed by atoms with E-state index in [4.69, 9.17) is 4.74 Å². The van der Waals surface area contributed by atoms with Crippen LogP contribution in [0.1, 0.15) is 20.8 Å². The van der Waals surface area contributed by atoms with E-state index < -0.39 is 0 Å². The second kappa shape index (κ2) is 3.54. The summed E-state index contributed by atoms with van der Waals surface area (Å²) in [4.78, 5) is 12.4. The van der Waals surface area contributed by atoms with Crippen molar-refractivity contribution < 1.29 is 9.53 Å². The van der Waals surface area contributed by atoms with Crippen LogP contribution in [0.2, 0.25) is 0 Å². The second-order valence-electron chi connectivity index (χ2n) is 4.32. The number of likely N-dealkylation sites (tertiary alicyclic amines) is 1. The molecule has 3 nitrogen and oxygen atoms in total. The standard InChI is InChI=1S/C9H17NO2/c1-9(2,3)12-7-10-4-8(5-10)6-11/h6,8H,4-5,7H2,1-3H3. The van der Waals surface area contributed by atoms with Crippen molar-refractivity contribution in [3.05, 3.63) is 0 Å². The summed E-state index contributed by atoms with van der Waals surface area (Å²) < 4.78 is 5.54. The number of hydrogen-bond donors (Lipinski definition) is 0. The molecule has 0 atom stereocenters. The van der Waals surface area contributed by atoms with Crippen LogP contribution in [-0.4, -0.2) is 36.6 Å². The fraction of sp³-hybridized carbons (Fsp3) is 0.889. The van der Waals surface area contributed by atoms with Crippen molar-refractivity contribution in [3.8, 4) is 0 Å². The van der Waals surface area contributed by atoms with Gasteiger partial charge in [-0.05, 0) is 20.8 Å². The van der Waals surface area contributed by atoms with E-state index >= 15 is 0 Å². The van der Waals surface area contributed by atoms with Gasteiger partial charge in [0.05, 0.1) is 12.3 Å². The molecular formula is C9H17NO2. The van der Waals surface area contributed by atoms with E-state index in [9.17, 15) is 4.79 Å². The SMILES string of the molecule is CC(C)(C)OCN1CC(C=O)C1. The van der Waals surface area contributed by atoms with Crippen molar-refractivity contribution in [2.45, 2.75) is 26.4 Å². The van der Waals surface area contributed by atoms with E-state index in [-0.39, 0.29) is 11.5 Å². The molecule has 0 aromatic heterocycles. The van der Waals surface area contributed by atoms with Gasteiger partial charge < -0.3 is 9.53 Å². The summed E-state index contributed by atoms with van der Waals surface area (Å²) in [5.74, 6) is 0.244. The Kier molecular flexibility index (Phi) is 2.85. The molecule has 1 aliphatic heterocycles. The van der Waals surface area contributed by atoms with Gasteiger partial charge in [0.25, 0.3) is 0 Å². The molecule has 12 heavy (non-hydrogen) atoms. The predicted molar refractivity (Wildman–Crippen MR) is 46.8 cm³/mol. The molecule has 0 N–H and O–H groups in total. The molecule has 0 aliphatic carbocycles. The van der Waals surface area contributed by atoms with E-state index in [0.29, 0.717) is 6.73 Å². The van der Waals surface area contributed by atoms with Gasteiger partial charge in [-0.1, -0.05) is 0 Å². The fourth-order valence-corrected chi connectivity index (χ4v) is 1.09. The third kappa shape index (κ3) is 2.91. The van der Waals surface area contributed by atoms with Crippen molar-refractivity contribution in [1.82, 2.24) is 4.90 Å². The van der Waals surface area contributed by atoms with Gasteiger partial charge in [0, 0.05) is 19.0 Å². The Bertz CT molecular complexity index is 156. The zero-order valence-electron chi connectivity index (χ0n) is 8.04. The summed E-state index contributed by atoms with van der Waals surface area (Å²) in [7, 11) is 0. The third-order valence-electron chi connectivity index (χ3n) is 1.86. The van der Waals surface area contributed by atoms with Crippen molar-refractivity contribution >= 4 is 6.29 Å². The Morgan fingerprint density at radius 1 is 1.50 bits per heavy atom.